The van der Waals surface area contributed by atoms with Crippen molar-refractivity contribution in [2.45, 2.75) is 33.7 Å². The van der Waals surface area contributed by atoms with Gasteiger partial charge in [-0.1, -0.05) is 34.8 Å². The molecule has 1 heterocycles. The number of anilines is 1. The van der Waals surface area contributed by atoms with Gasteiger partial charge in [-0.2, -0.15) is 0 Å². The smallest absolute Gasteiger partial charge is 0.251 e. The van der Waals surface area contributed by atoms with E-state index in [9.17, 15) is 9.59 Å². The molecule has 0 fully saturated rings. The fourth-order valence-corrected chi connectivity index (χ4v) is 3.60. The molecule has 1 amide bonds. The zero-order valence-corrected chi connectivity index (χ0v) is 16.9. The lowest BCUT2D eigenvalue weighted by Crippen LogP contribution is -2.24. The summed E-state index contributed by atoms with van der Waals surface area (Å²) in [5.74, 6) is -0.196. The van der Waals surface area contributed by atoms with Crippen LogP contribution in [0.4, 0.5) is 5.69 Å². The maximum absolute atomic E-state index is 12.5. The largest absolute Gasteiger partial charge is 0.326 e. The van der Waals surface area contributed by atoms with Crippen molar-refractivity contribution >= 4 is 45.7 Å². The third-order valence-electron chi connectivity index (χ3n) is 4.51. The van der Waals surface area contributed by atoms with Crippen LogP contribution in [0, 0.1) is 20.8 Å². The molecule has 27 heavy (non-hydrogen) atoms. The molecular weight excluding hydrogens is 383 g/mol. The number of fused-ring (bicyclic) bond motifs is 1. The predicted molar refractivity (Wildman–Crippen MR) is 112 cm³/mol. The van der Waals surface area contributed by atoms with Gasteiger partial charge in [-0.3, -0.25) is 9.59 Å². The molecule has 0 radical (unpaired) electrons. The topological polar surface area (TPSA) is 51.1 Å². The molecule has 0 bridgehead atoms. The second-order valence-corrected chi connectivity index (χ2v) is 7.54. The van der Waals surface area contributed by atoms with Gasteiger partial charge in [0.1, 0.15) is 0 Å². The Morgan fingerprint density at radius 2 is 1.74 bits per heavy atom. The van der Waals surface area contributed by atoms with Crippen molar-refractivity contribution in [3.05, 3.63) is 73.5 Å². The van der Waals surface area contributed by atoms with E-state index in [1.54, 1.807) is 28.8 Å². The van der Waals surface area contributed by atoms with E-state index < -0.39 is 0 Å². The SMILES string of the molecule is Cc1cc(C)c2c(c1)c(C)cc(=O)n2CCC(=O)Nc1ccc(Cl)c(Cl)c1. The Balaban J connectivity index is 1.85. The van der Waals surface area contributed by atoms with Gasteiger partial charge in [0.2, 0.25) is 5.91 Å². The number of rotatable bonds is 4. The molecule has 140 valence electrons. The van der Waals surface area contributed by atoms with Crippen LogP contribution in [-0.4, -0.2) is 10.5 Å². The van der Waals surface area contributed by atoms with Gasteiger partial charge < -0.3 is 9.88 Å². The van der Waals surface area contributed by atoms with Gasteiger partial charge in [0.15, 0.2) is 0 Å². The third kappa shape index (κ3) is 4.18. The number of carbonyl (C=O) groups is 1. The minimum Gasteiger partial charge on any atom is -0.326 e. The van der Waals surface area contributed by atoms with Crippen LogP contribution in [0.5, 0.6) is 0 Å². The van der Waals surface area contributed by atoms with E-state index in [0.717, 1.165) is 27.6 Å². The van der Waals surface area contributed by atoms with Crippen molar-refractivity contribution in [1.29, 1.82) is 0 Å². The Morgan fingerprint density at radius 3 is 2.44 bits per heavy atom. The highest BCUT2D eigenvalue weighted by atomic mass is 35.5. The molecule has 0 spiro atoms. The molecule has 6 heteroatoms. The van der Waals surface area contributed by atoms with E-state index >= 15 is 0 Å². The Hall–Kier alpha value is -2.30. The summed E-state index contributed by atoms with van der Waals surface area (Å²) in [4.78, 5) is 24.9. The van der Waals surface area contributed by atoms with Crippen LogP contribution in [0.1, 0.15) is 23.1 Å². The molecule has 4 nitrogen and oxygen atoms in total. The first-order chi connectivity index (χ1) is 12.8. The van der Waals surface area contributed by atoms with Gasteiger partial charge in [-0.15, -0.1) is 0 Å². The molecule has 0 saturated carbocycles. The van der Waals surface area contributed by atoms with Gasteiger partial charge >= 0.3 is 0 Å². The second kappa shape index (κ2) is 7.75. The highest BCUT2D eigenvalue weighted by Crippen LogP contribution is 2.25. The fraction of sp³-hybridized carbons (Fsp3) is 0.238. The van der Waals surface area contributed by atoms with Crippen molar-refractivity contribution in [3.63, 3.8) is 0 Å². The maximum atomic E-state index is 12.5. The van der Waals surface area contributed by atoms with Gasteiger partial charge in [0.05, 0.1) is 15.6 Å². The average Bonchev–Trinajstić information content (AvgIpc) is 2.58. The van der Waals surface area contributed by atoms with Crippen LogP contribution < -0.4 is 10.9 Å². The molecule has 0 aliphatic heterocycles. The number of hydrogen-bond donors (Lipinski definition) is 1. The summed E-state index contributed by atoms with van der Waals surface area (Å²) in [5, 5.41) is 4.63. The quantitative estimate of drug-likeness (QED) is 0.646. The molecule has 3 aromatic rings. The fourth-order valence-electron chi connectivity index (χ4n) is 3.30. The van der Waals surface area contributed by atoms with E-state index in [4.69, 9.17) is 23.2 Å². The predicted octanol–water partition coefficient (Wildman–Crippen LogP) is 5.26. The lowest BCUT2D eigenvalue weighted by Gasteiger charge is -2.15. The number of halogens is 2. The summed E-state index contributed by atoms with van der Waals surface area (Å²) in [6, 6.07) is 10.7. The van der Waals surface area contributed by atoms with Gasteiger partial charge in [0.25, 0.3) is 5.56 Å². The Bertz CT molecular complexity index is 1100. The summed E-state index contributed by atoms with van der Waals surface area (Å²) >= 11 is 11.9. The summed E-state index contributed by atoms with van der Waals surface area (Å²) in [6.07, 6.45) is 0.172. The molecule has 1 aromatic heterocycles. The molecule has 0 aliphatic rings. The molecule has 0 aliphatic carbocycles. The minimum absolute atomic E-state index is 0.103. The van der Waals surface area contributed by atoms with Crippen molar-refractivity contribution in [1.82, 2.24) is 4.57 Å². The summed E-state index contributed by atoms with van der Waals surface area (Å²) in [5.41, 5.74) is 4.46. The van der Waals surface area contributed by atoms with E-state index in [0.29, 0.717) is 22.3 Å². The Morgan fingerprint density at radius 1 is 1.00 bits per heavy atom. The van der Waals surface area contributed by atoms with Gasteiger partial charge in [0, 0.05) is 30.1 Å². The standard InChI is InChI=1S/C21H20Cl2N2O2/c1-12-8-14(3)21-16(9-12)13(2)10-20(27)25(21)7-6-19(26)24-15-4-5-17(22)18(23)11-15/h4-5,8-11H,6-7H2,1-3H3,(H,24,26). The number of aryl methyl sites for hydroxylation is 4. The molecule has 0 unspecified atom stereocenters. The number of aromatic nitrogens is 1. The zero-order valence-electron chi connectivity index (χ0n) is 15.4. The van der Waals surface area contributed by atoms with Crippen molar-refractivity contribution in [3.8, 4) is 0 Å². The summed E-state index contributed by atoms with van der Waals surface area (Å²) in [6.45, 7) is 6.25. The van der Waals surface area contributed by atoms with Gasteiger partial charge in [-0.05, 0) is 56.2 Å². The lowest BCUT2D eigenvalue weighted by atomic mass is 10.0. The van der Waals surface area contributed by atoms with E-state index in [2.05, 4.69) is 11.4 Å². The average molecular weight is 403 g/mol. The second-order valence-electron chi connectivity index (χ2n) is 6.72. The molecule has 3 rings (SSSR count). The van der Waals surface area contributed by atoms with Gasteiger partial charge in [-0.25, -0.2) is 0 Å². The number of carbonyl (C=O) groups excluding carboxylic acids is 1. The van der Waals surface area contributed by atoms with Crippen LogP contribution in [0.25, 0.3) is 10.9 Å². The van der Waals surface area contributed by atoms with E-state index in [-0.39, 0.29) is 17.9 Å². The highest BCUT2D eigenvalue weighted by molar-refractivity contribution is 6.42. The first-order valence-corrected chi connectivity index (χ1v) is 9.38. The maximum Gasteiger partial charge on any atom is 0.251 e. The van der Waals surface area contributed by atoms with Crippen molar-refractivity contribution in [2.24, 2.45) is 0 Å². The minimum atomic E-state index is -0.196. The molecule has 2 aromatic carbocycles. The van der Waals surface area contributed by atoms with Crippen molar-refractivity contribution in [2.75, 3.05) is 5.32 Å². The normalized spacial score (nSPS) is 11.0. The van der Waals surface area contributed by atoms with Crippen LogP contribution in [0.3, 0.4) is 0 Å². The van der Waals surface area contributed by atoms with Crippen LogP contribution in [0.2, 0.25) is 10.0 Å². The molecular formula is C21H20Cl2N2O2. The van der Waals surface area contributed by atoms with E-state index in [1.807, 2.05) is 26.8 Å². The molecule has 0 saturated heterocycles. The first-order valence-electron chi connectivity index (χ1n) is 8.62. The van der Waals surface area contributed by atoms with Crippen LogP contribution >= 0.6 is 23.2 Å². The van der Waals surface area contributed by atoms with Crippen LogP contribution in [-0.2, 0) is 11.3 Å². The number of amides is 1. The number of pyridine rings is 1. The Kier molecular flexibility index (Phi) is 5.59. The monoisotopic (exact) mass is 402 g/mol. The highest BCUT2D eigenvalue weighted by Gasteiger charge is 2.12. The Labute approximate surface area is 167 Å². The number of nitrogens with one attached hydrogen (secondary N) is 1. The molecule has 0 atom stereocenters. The lowest BCUT2D eigenvalue weighted by molar-refractivity contribution is -0.116. The number of benzene rings is 2. The summed E-state index contributed by atoms with van der Waals surface area (Å²) < 4.78 is 1.67. The van der Waals surface area contributed by atoms with Crippen LogP contribution in [0.15, 0.2) is 41.2 Å². The summed E-state index contributed by atoms with van der Waals surface area (Å²) in [7, 11) is 0. The molecule has 1 N–H and O–H groups in total. The zero-order chi connectivity index (χ0) is 19.7. The van der Waals surface area contributed by atoms with E-state index in [1.165, 1.54) is 0 Å². The third-order valence-corrected chi connectivity index (χ3v) is 5.25. The first kappa shape index (κ1) is 19.5. The number of hydrogen-bond acceptors (Lipinski definition) is 2. The number of nitrogens with zero attached hydrogens (tertiary/aromatic N) is 1. The van der Waals surface area contributed by atoms with Crippen molar-refractivity contribution < 1.29 is 4.79 Å².